The number of aliphatic hydroxyl groups excluding tert-OH is 2. The van der Waals surface area contributed by atoms with Gasteiger partial charge in [-0.15, -0.1) is 0 Å². The van der Waals surface area contributed by atoms with Crippen LogP contribution in [0.15, 0.2) is 0 Å². The Morgan fingerprint density at radius 2 is 1.55 bits per heavy atom. The maximum atomic E-state index is 12.8. The number of hydrogen-bond acceptors (Lipinski definition) is 3. The molecule has 0 bridgehead atoms. The quantitative estimate of drug-likeness (QED) is 0.478. The lowest BCUT2D eigenvalue weighted by molar-refractivity contribution is -0.287. The Labute approximate surface area is 202 Å². The van der Waals surface area contributed by atoms with Crippen LogP contribution in [0.4, 0.5) is 0 Å². The standard InChI is InChI=1S/C30H50O3/c1-19-20(32)8-9-21-27(5)13-15-30(18-31)23-17-25(2,3)10-11-26(23,4)12-14-28(30,6)22(27)16-24(33)29(19,21)7/h19,21-24,31,33H,8-18H2,1-7H3/t19-,21-,22-,23+,24+,26+,27-,28+,29+,30+/m0/s1. The zero-order valence-corrected chi connectivity index (χ0v) is 22.5. The van der Waals surface area contributed by atoms with Crippen LogP contribution in [0.3, 0.4) is 0 Å². The molecule has 5 aliphatic rings. The zero-order valence-electron chi connectivity index (χ0n) is 22.5. The molecule has 0 aromatic carbocycles. The van der Waals surface area contributed by atoms with Crippen LogP contribution in [0.1, 0.15) is 113 Å². The predicted octanol–water partition coefficient (Wildman–Crippen LogP) is 6.40. The third kappa shape index (κ3) is 2.85. The summed E-state index contributed by atoms with van der Waals surface area (Å²) in [5, 5.41) is 23.0. The molecule has 0 aliphatic heterocycles. The lowest BCUT2D eigenvalue weighted by Gasteiger charge is -2.75. The first-order valence-corrected chi connectivity index (χ1v) is 14.0. The summed E-state index contributed by atoms with van der Waals surface area (Å²) in [6.45, 7) is 17.0. The summed E-state index contributed by atoms with van der Waals surface area (Å²) >= 11 is 0. The third-order valence-electron chi connectivity index (χ3n) is 13.8. The van der Waals surface area contributed by atoms with Gasteiger partial charge < -0.3 is 10.2 Å². The first kappa shape index (κ1) is 24.3. The highest BCUT2D eigenvalue weighted by molar-refractivity contribution is 5.82. The molecule has 0 spiro atoms. The van der Waals surface area contributed by atoms with Gasteiger partial charge in [0.2, 0.25) is 0 Å². The van der Waals surface area contributed by atoms with E-state index < -0.39 is 6.10 Å². The molecule has 33 heavy (non-hydrogen) atoms. The Morgan fingerprint density at radius 3 is 2.21 bits per heavy atom. The van der Waals surface area contributed by atoms with Crippen LogP contribution >= 0.6 is 0 Å². The Morgan fingerprint density at radius 1 is 0.879 bits per heavy atom. The van der Waals surface area contributed by atoms with Gasteiger partial charge in [0.25, 0.3) is 0 Å². The van der Waals surface area contributed by atoms with Crippen molar-refractivity contribution in [3.8, 4) is 0 Å². The van der Waals surface area contributed by atoms with Crippen molar-refractivity contribution < 1.29 is 15.0 Å². The summed E-state index contributed by atoms with van der Waals surface area (Å²) in [6.07, 6.45) is 10.4. The van der Waals surface area contributed by atoms with Crippen molar-refractivity contribution >= 4 is 5.78 Å². The summed E-state index contributed by atoms with van der Waals surface area (Å²) in [7, 11) is 0. The normalized spacial score (nSPS) is 58.0. The molecule has 188 valence electrons. The second-order valence-corrected chi connectivity index (χ2v) is 15.3. The molecule has 3 heteroatoms. The Hall–Kier alpha value is -0.410. The molecule has 0 heterocycles. The van der Waals surface area contributed by atoms with Gasteiger partial charge in [0.1, 0.15) is 5.78 Å². The molecule has 5 aliphatic carbocycles. The van der Waals surface area contributed by atoms with Crippen molar-refractivity contribution in [2.45, 2.75) is 119 Å². The summed E-state index contributed by atoms with van der Waals surface area (Å²) < 4.78 is 0. The molecule has 5 saturated carbocycles. The fraction of sp³-hybridized carbons (Fsp3) is 0.967. The minimum Gasteiger partial charge on any atom is -0.396 e. The van der Waals surface area contributed by atoms with E-state index in [2.05, 4.69) is 48.5 Å². The average molecular weight is 459 g/mol. The third-order valence-corrected chi connectivity index (χ3v) is 13.8. The minimum atomic E-state index is -0.428. The summed E-state index contributed by atoms with van der Waals surface area (Å²) in [5.74, 6) is 1.64. The monoisotopic (exact) mass is 458 g/mol. The Balaban J connectivity index is 1.60. The van der Waals surface area contributed by atoms with E-state index in [1.54, 1.807) is 0 Å². The first-order valence-electron chi connectivity index (χ1n) is 14.0. The summed E-state index contributed by atoms with van der Waals surface area (Å²) in [5.41, 5.74) is 0.486. The van der Waals surface area contributed by atoms with Crippen molar-refractivity contribution in [1.29, 1.82) is 0 Å². The Kier molecular flexibility index (Phi) is 5.22. The highest BCUT2D eigenvalue weighted by Gasteiger charge is 2.73. The van der Waals surface area contributed by atoms with E-state index in [0.717, 1.165) is 25.7 Å². The maximum Gasteiger partial charge on any atom is 0.136 e. The van der Waals surface area contributed by atoms with Gasteiger partial charge in [-0.25, -0.2) is 0 Å². The zero-order chi connectivity index (χ0) is 24.2. The number of rotatable bonds is 1. The van der Waals surface area contributed by atoms with Crippen molar-refractivity contribution in [3.05, 3.63) is 0 Å². The highest BCUT2D eigenvalue weighted by Crippen LogP contribution is 2.78. The van der Waals surface area contributed by atoms with Crippen LogP contribution in [-0.2, 0) is 4.79 Å². The molecule has 2 N–H and O–H groups in total. The predicted molar refractivity (Wildman–Crippen MR) is 133 cm³/mol. The largest absolute Gasteiger partial charge is 0.396 e. The van der Waals surface area contributed by atoms with Gasteiger partial charge in [0.05, 0.1) is 6.10 Å². The molecule has 5 rings (SSSR count). The van der Waals surface area contributed by atoms with Crippen molar-refractivity contribution in [1.82, 2.24) is 0 Å². The number of hydrogen-bond donors (Lipinski definition) is 2. The number of carbonyl (C=O) groups excluding carboxylic acids is 1. The van der Waals surface area contributed by atoms with Crippen LogP contribution in [0, 0.1) is 56.2 Å². The number of carbonyl (C=O) groups is 1. The smallest absolute Gasteiger partial charge is 0.136 e. The number of aliphatic hydroxyl groups is 2. The van der Waals surface area contributed by atoms with Crippen molar-refractivity contribution in [2.75, 3.05) is 6.61 Å². The van der Waals surface area contributed by atoms with Crippen molar-refractivity contribution in [3.63, 3.8) is 0 Å². The molecule has 0 saturated heterocycles. The van der Waals surface area contributed by atoms with Crippen LogP contribution in [-0.4, -0.2) is 28.7 Å². The molecule has 0 aromatic rings. The van der Waals surface area contributed by atoms with Gasteiger partial charge in [-0.3, -0.25) is 4.79 Å². The molecule has 0 unspecified atom stereocenters. The van der Waals surface area contributed by atoms with Crippen molar-refractivity contribution in [2.24, 2.45) is 56.2 Å². The first-order chi connectivity index (χ1) is 15.2. The van der Waals surface area contributed by atoms with Gasteiger partial charge in [0, 0.05) is 29.8 Å². The SMILES string of the molecule is C[C@H]1C(=O)CC[C@H]2[C@]3(C)CC[C@@]4(CO)[C@@H]5CC(C)(C)CC[C@]5(C)CC[C@]4(C)[C@H]3C[C@@H](O)[C@]12C. The molecule has 0 aromatic heterocycles. The molecule has 10 atom stereocenters. The van der Waals surface area contributed by atoms with Crippen LogP contribution < -0.4 is 0 Å². The minimum absolute atomic E-state index is 0.0410. The van der Waals surface area contributed by atoms with Crippen LogP contribution in [0.25, 0.3) is 0 Å². The van der Waals surface area contributed by atoms with E-state index in [-0.39, 0.29) is 27.6 Å². The molecular formula is C30H50O3. The van der Waals surface area contributed by atoms with E-state index in [1.165, 1.54) is 32.1 Å². The maximum absolute atomic E-state index is 12.8. The lowest BCUT2D eigenvalue weighted by atomic mass is 9.29. The number of ketones is 1. The van der Waals surface area contributed by atoms with Crippen LogP contribution in [0.5, 0.6) is 0 Å². The van der Waals surface area contributed by atoms with Gasteiger partial charge in [-0.05, 0) is 97.2 Å². The topological polar surface area (TPSA) is 57.5 Å². The van der Waals surface area contributed by atoms with E-state index in [1.807, 2.05) is 0 Å². The molecule has 0 radical (unpaired) electrons. The molecular weight excluding hydrogens is 408 g/mol. The highest BCUT2D eigenvalue weighted by atomic mass is 16.3. The van der Waals surface area contributed by atoms with E-state index in [0.29, 0.717) is 47.4 Å². The molecule has 3 nitrogen and oxygen atoms in total. The second kappa shape index (κ2) is 7.09. The lowest BCUT2D eigenvalue weighted by Crippen LogP contribution is -2.71. The molecule has 0 amide bonds. The average Bonchev–Trinajstić information content (AvgIpc) is 2.75. The van der Waals surface area contributed by atoms with E-state index in [4.69, 9.17) is 0 Å². The van der Waals surface area contributed by atoms with Gasteiger partial charge in [0.15, 0.2) is 0 Å². The second-order valence-electron chi connectivity index (χ2n) is 15.3. The summed E-state index contributed by atoms with van der Waals surface area (Å²) in [4.78, 5) is 12.8. The molecule has 5 fully saturated rings. The Bertz CT molecular complexity index is 834. The fourth-order valence-corrected chi connectivity index (χ4v) is 11.2. The van der Waals surface area contributed by atoms with E-state index >= 15 is 0 Å². The number of fused-ring (bicyclic) bond motifs is 7. The fourth-order valence-electron chi connectivity index (χ4n) is 11.2. The summed E-state index contributed by atoms with van der Waals surface area (Å²) in [6, 6.07) is 0. The van der Waals surface area contributed by atoms with Gasteiger partial charge >= 0.3 is 0 Å². The van der Waals surface area contributed by atoms with Crippen LogP contribution in [0.2, 0.25) is 0 Å². The van der Waals surface area contributed by atoms with E-state index in [9.17, 15) is 15.0 Å². The van der Waals surface area contributed by atoms with Gasteiger partial charge in [-0.2, -0.15) is 0 Å². The number of Topliss-reactive ketones (excluding diaryl/α,β-unsaturated/α-hetero) is 1. The van der Waals surface area contributed by atoms with Gasteiger partial charge in [-0.1, -0.05) is 48.5 Å².